The van der Waals surface area contributed by atoms with E-state index < -0.39 is 6.23 Å². The number of morpholine rings is 1. The monoisotopic (exact) mass is 448 g/mol. The Bertz CT molecular complexity index is 589. The summed E-state index contributed by atoms with van der Waals surface area (Å²) >= 11 is 6.61. The van der Waals surface area contributed by atoms with Gasteiger partial charge in [0.1, 0.15) is 5.82 Å². The summed E-state index contributed by atoms with van der Waals surface area (Å²) in [5.41, 5.74) is 1.81. The minimum atomic E-state index is -0.496. The van der Waals surface area contributed by atoms with Crippen molar-refractivity contribution in [3.8, 4) is 0 Å². The van der Waals surface area contributed by atoms with Gasteiger partial charge in [-0.2, -0.15) is 0 Å². The number of nitrogens with zero attached hydrogens (tertiary/aromatic N) is 2. The lowest BCUT2D eigenvalue weighted by molar-refractivity contribution is -0.0582. The van der Waals surface area contributed by atoms with E-state index >= 15 is 0 Å². The third-order valence-electron chi connectivity index (χ3n) is 4.20. The van der Waals surface area contributed by atoms with Gasteiger partial charge >= 0.3 is 0 Å². The number of anilines is 1. The molecule has 1 aliphatic heterocycles. The molecular formula is C16H19Br2FN2O2. The van der Waals surface area contributed by atoms with Gasteiger partial charge in [-0.1, -0.05) is 6.08 Å². The lowest BCUT2D eigenvalue weighted by Crippen LogP contribution is -2.50. The van der Waals surface area contributed by atoms with Gasteiger partial charge in [0.15, 0.2) is 6.23 Å². The molecule has 0 spiro atoms. The Morgan fingerprint density at radius 2 is 2.00 bits per heavy atom. The predicted octanol–water partition coefficient (Wildman–Crippen LogP) is 4.66. The molecule has 126 valence electrons. The number of rotatable bonds is 3. The molecule has 2 aliphatic rings. The molecule has 0 radical (unpaired) electrons. The third kappa shape index (κ3) is 3.90. The van der Waals surface area contributed by atoms with Gasteiger partial charge in [0.2, 0.25) is 0 Å². The fourth-order valence-electron chi connectivity index (χ4n) is 3.05. The van der Waals surface area contributed by atoms with Crippen LogP contribution in [-0.4, -0.2) is 36.0 Å². The summed E-state index contributed by atoms with van der Waals surface area (Å²) in [5, 5.41) is 11.7. The minimum absolute atomic E-state index is 0.376. The van der Waals surface area contributed by atoms with E-state index in [4.69, 9.17) is 4.74 Å². The highest BCUT2D eigenvalue weighted by Gasteiger charge is 2.29. The maximum atomic E-state index is 13.4. The molecule has 1 aromatic rings. The highest BCUT2D eigenvalue weighted by molar-refractivity contribution is 9.11. The van der Waals surface area contributed by atoms with Crippen LogP contribution in [0.3, 0.4) is 0 Å². The van der Waals surface area contributed by atoms with Gasteiger partial charge in [0.25, 0.3) is 0 Å². The smallest absolute Gasteiger partial charge is 0.171 e. The van der Waals surface area contributed by atoms with E-state index in [1.165, 1.54) is 30.7 Å². The van der Waals surface area contributed by atoms with Crippen LogP contribution in [0.5, 0.6) is 0 Å². The summed E-state index contributed by atoms with van der Waals surface area (Å²) in [6.07, 6.45) is 6.46. The van der Waals surface area contributed by atoms with E-state index in [-0.39, 0.29) is 5.82 Å². The van der Waals surface area contributed by atoms with Crippen molar-refractivity contribution in [2.75, 3.05) is 24.8 Å². The Labute approximate surface area is 152 Å². The largest absolute Gasteiger partial charge is 0.368 e. The van der Waals surface area contributed by atoms with Crippen LogP contribution < -0.4 is 5.06 Å². The Hall–Kier alpha value is -0.630. The van der Waals surface area contributed by atoms with E-state index in [0.29, 0.717) is 27.8 Å². The molecule has 1 fully saturated rings. The topological polar surface area (TPSA) is 35.9 Å². The molecule has 1 saturated heterocycles. The van der Waals surface area contributed by atoms with Crippen LogP contribution in [0.25, 0.3) is 0 Å². The molecule has 0 saturated carbocycles. The molecule has 0 aromatic heterocycles. The molecule has 1 N–H and O–H groups in total. The van der Waals surface area contributed by atoms with Gasteiger partial charge in [0, 0.05) is 21.2 Å². The third-order valence-corrected chi connectivity index (χ3v) is 5.41. The van der Waals surface area contributed by atoms with Crippen LogP contribution in [0.1, 0.15) is 25.7 Å². The molecular weight excluding hydrogens is 431 g/mol. The van der Waals surface area contributed by atoms with Crippen LogP contribution in [0, 0.1) is 5.82 Å². The predicted molar refractivity (Wildman–Crippen MR) is 93.9 cm³/mol. The lowest BCUT2D eigenvalue weighted by Gasteiger charge is -2.40. The molecule has 7 heteroatoms. The van der Waals surface area contributed by atoms with Crippen LogP contribution in [0.15, 0.2) is 32.9 Å². The number of halogens is 3. The quantitative estimate of drug-likeness (QED) is 0.680. The van der Waals surface area contributed by atoms with Crippen molar-refractivity contribution in [3.05, 3.63) is 38.7 Å². The number of ether oxygens (including phenoxy) is 1. The van der Waals surface area contributed by atoms with Crippen molar-refractivity contribution >= 4 is 37.5 Å². The maximum Gasteiger partial charge on any atom is 0.171 e. The average Bonchev–Trinajstić information content (AvgIpc) is 2.55. The van der Waals surface area contributed by atoms with Crippen LogP contribution in [0.2, 0.25) is 0 Å². The first kappa shape index (κ1) is 17.2. The SMILES string of the molecule is ON(c1c(Br)cc(F)cc1Br)C1CN(C2=CCCCC2)CCO1. The van der Waals surface area contributed by atoms with E-state index in [1.807, 2.05) is 0 Å². The van der Waals surface area contributed by atoms with Crippen LogP contribution >= 0.6 is 31.9 Å². The minimum Gasteiger partial charge on any atom is -0.368 e. The Morgan fingerprint density at radius 1 is 1.26 bits per heavy atom. The summed E-state index contributed by atoms with van der Waals surface area (Å²) in [4.78, 5) is 2.28. The fourth-order valence-corrected chi connectivity index (χ4v) is 4.54. The van der Waals surface area contributed by atoms with E-state index in [0.717, 1.165) is 24.4 Å². The second-order valence-electron chi connectivity index (χ2n) is 5.78. The van der Waals surface area contributed by atoms with Crippen molar-refractivity contribution in [2.24, 2.45) is 0 Å². The molecule has 1 atom stereocenters. The first-order valence-corrected chi connectivity index (χ1v) is 9.33. The molecule has 1 unspecified atom stereocenters. The summed E-state index contributed by atoms with van der Waals surface area (Å²) in [7, 11) is 0. The number of allylic oxidation sites excluding steroid dienone is 2. The van der Waals surface area contributed by atoms with Gasteiger partial charge in [-0.25, -0.2) is 9.45 Å². The second-order valence-corrected chi connectivity index (χ2v) is 7.48. The molecule has 1 aliphatic carbocycles. The van der Waals surface area contributed by atoms with Crippen LogP contribution in [-0.2, 0) is 4.74 Å². The molecule has 1 heterocycles. The van der Waals surface area contributed by atoms with Crippen molar-refractivity contribution in [2.45, 2.75) is 31.9 Å². The van der Waals surface area contributed by atoms with Gasteiger partial charge in [-0.3, -0.25) is 5.21 Å². The Morgan fingerprint density at radius 3 is 2.65 bits per heavy atom. The zero-order valence-corrected chi connectivity index (χ0v) is 15.8. The highest BCUT2D eigenvalue weighted by atomic mass is 79.9. The summed E-state index contributed by atoms with van der Waals surface area (Å²) in [6, 6.07) is 2.65. The van der Waals surface area contributed by atoms with Gasteiger partial charge in [0.05, 0.1) is 18.8 Å². The van der Waals surface area contributed by atoms with E-state index in [2.05, 4.69) is 42.8 Å². The molecule has 0 bridgehead atoms. The second kappa shape index (κ2) is 7.51. The summed E-state index contributed by atoms with van der Waals surface area (Å²) in [5.74, 6) is -0.376. The van der Waals surface area contributed by atoms with Crippen molar-refractivity contribution in [1.82, 2.24) is 4.90 Å². The standard InChI is InChI=1S/C16H19Br2FN2O2/c17-13-8-11(19)9-14(18)16(13)21(22)15-10-20(6-7-23-15)12-4-2-1-3-5-12/h4,8-9,15,22H,1-3,5-7,10H2. The molecule has 4 nitrogen and oxygen atoms in total. The Balaban J connectivity index is 1.77. The first-order valence-electron chi connectivity index (χ1n) is 7.74. The zero-order chi connectivity index (χ0) is 16.4. The van der Waals surface area contributed by atoms with E-state index in [1.54, 1.807) is 0 Å². The van der Waals surface area contributed by atoms with Crippen LogP contribution in [0.4, 0.5) is 10.1 Å². The zero-order valence-electron chi connectivity index (χ0n) is 12.6. The van der Waals surface area contributed by atoms with Gasteiger partial charge in [-0.15, -0.1) is 0 Å². The Kier molecular flexibility index (Phi) is 5.61. The lowest BCUT2D eigenvalue weighted by atomic mass is 10.0. The number of benzene rings is 1. The fraction of sp³-hybridized carbons (Fsp3) is 0.500. The van der Waals surface area contributed by atoms with E-state index in [9.17, 15) is 9.60 Å². The average molecular weight is 450 g/mol. The number of hydrogen-bond donors (Lipinski definition) is 1. The van der Waals surface area contributed by atoms with Crippen molar-refractivity contribution in [3.63, 3.8) is 0 Å². The molecule has 23 heavy (non-hydrogen) atoms. The van der Waals surface area contributed by atoms with Crippen molar-refractivity contribution in [1.29, 1.82) is 0 Å². The van der Waals surface area contributed by atoms with Gasteiger partial charge in [-0.05, 0) is 69.7 Å². The highest BCUT2D eigenvalue weighted by Crippen LogP contribution is 2.36. The first-order chi connectivity index (χ1) is 11.1. The number of hydroxylamine groups is 1. The number of hydrogen-bond acceptors (Lipinski definition) is 4. The molecule has 3 rings (SSSR count). The maximum absolute atomic E-state index is 13.4. The molecule has 1 aromatic carbocycles. The van der Waals surface area contributed by atoms with Gasteiger partial charge < -0.3 is 9.64 Å². The normalized spacial score (nSPS) is 22.0. The molecule has 0 amide bonds. The summed E-state index contributed by atoms with van der Waals surface area (Å²) < 4.78 is 20.1. The summed E-state index contributed by atoms with van der Waals surface area (Å²) in [6.45, 7) is 1.97. The van der Waals surface area contributed by atoms with Crippen molar-refractivity contribution < 1.29 is 14.3 Å².